The molecule has 176 valence electrons. The number of hydrazone groups is 1. The molecule has 0 fully saturated rings. The lowest BCUT2D eigenvalue weighted by Gasteiger charge is -2.16. The van der Waals surface area contributed by atoms with Crippen molar-refractivity contribution in [3.63, 3.8) is 0 Å². The highest BCUT2D eigenvalue weighted by atomic mass is 16.3. The van der Waals surface area contributed by atoms with E-state index in [-0.39, 0.29) is 12.6 Å². The third-order valence-electron chi connectivity index (χ3n) is 5.24. The van der Waals surface area contributed by atoms with Crippen LogP contribution in [0.25, 0.3) is 16.9 Å². The molecule has 3 heterocycles. The maximum Gasteiger partial charge on any atom is 0.164 e. The predicted molar refractivity (Wildman–Crippen MR) is 136 cm³/mol. The Morgan fingerprint density at radius 2 is 2.00 bits per heavy atom. The Morgan fingerprint density at radius 1 is 1.20 bits per heavy atom. The molecule has 0 spiro atoms. The van der Waals surface area contributed by atoms with Gasteiger partial charge in [-0.2, -0.15) is 20.1 Å². The van der Waals surface area contributed by atoms with Crippen LogP contribution in [0.2, 0.25) is 0 Å². The molecular weight excluding hydrogens is 442 g/mol. The number of nitrogens with zero attached hydrogens (tertiary/aromatic N) is 7. The van der Waals surface area contributed by atoms with Gasteiger partial charge in [0.15, 0.2) is 11.5 Å². The van der Waals surface area contributed by atoms with Crippen LogP contribution in [0.4, 0.5) is 5.69 Å². The first kappa shape index (κ1) is 23.5. The number of nitriles is 1. The molecule has 0 unspecified atom stereocenters. The van der Waals surface area contributed by atoms with E-state index < -0.39 is 6.04 Å². The summed E-state index contributed by atoms with van der Waals surface area (Å²) < 4.78 is 1.61. The van der Waals surface area contributed by atoms with Gasteiger partial charge in [0.05, 0.1) is 30.6 Å². The van der Waals surface area contributed by atoms with Gasteiger partial charge in [-0.3, -0.25) is 4.99 Å². The lowest BCUT2D eigenvalue weighted by molar-refractivity contribution is 0.269. The molecule has 0 radical (unpaired) electrons. The van der Waals surface area contributed by atoms with Crippen LogP contribution >= 0.6 is 0 Å². The fourth-order valence-electron chi connectivity index (χ4n) is 3.59. The van der Waals surface area contributed by atoms with E-state index in [1.165, 1.54) is 6.20 Å². The Hall–Kier alpha value is -4.62. The molecule has 35 heavy (non-hydrogen) atoms. The number of benzene rings is 1. The van der Waals surface area contributed by atoms with Crippen LogP contribution in [0.1, 0.15) is 36.6 Å². The molecule has 1 atom stereocenters. The Morgan fingerprint density at radius 3 is 2.69 bits per heavy atom. The smallest absolute Gasteiger partial charge is 0.164 e. The number of fused-ring (bicyclic) bond motifs is 1. The third-order valence-corrected chi connectivity index (χ3v) is 5.24. The molecule has 0 amide bonds. The molecule has 0 saturated carbocycles. The van der Waals surface area contributed by atoms with Crippen molar-refractivity contribution in [2.45, 2.75) is 25.9 Å². The molecule has 4 N–H and O–H groups in total. The quantitative estimate of drug-likeness (QED) is 0.205. The topological polar surface area (TPSA) is 150 Å². The lowest BCUT2D eigenvalue weighted by Crippen LogP contribution is -2.17. The summed E-state index contributed by atoms with van der Waals surface area (Å²) in [7, 11) is 0. The minimum atomic E-state index is -0.443. The monoisotopic (exact) mass is 467 g/mol. The van der Waals surface area contributed by atoms with E-state index in [0.717, 1.165) is 16.6 Å². The second-order valence-electron chi connectivity index (χ2n) is 8.09. The molecule has 0 aliphatic rings. The Kier molecular flexibility index (Phi) is 7.09. The van der Waals surface area contributed by atoms with Crippen LogP contribution in [0.3, 0.4) is 0 Å². The second-order valence-corrected chi connectivity index (χ2v) is 8.09. The van der Waals surface area contributed by atoms with Crippen LogP contribution in [-0.2, 0) is 0 Å². The van der Waals surface area contributed by atoms with Crippen molar-refractivity contribution >= 4 is 28.6 Å². The predicted octanol–water partition coefficient (Wildman–Crippen LogP) is 2.97. The van der Waals surface area contributed by atoms with Crippen LogP contribution in [0.5, 0.6) is 0 Å². The Bertz CT molecular complexity index is 1420. The van der Waals surface area contributed by atoms with Crippen molar-refractivity contribution in [1.29, 1.82) is 5.26 Å². The molecule has 4 aromatic rings. The summed E-state index contributed by atoms with van der Waals surface area (Å²) in [6.07, 6.45) is 6.34. The van der Waals surface area contributed by atoms with Crippen LogP contribution in [0, 0.1) is 11.3 Å². The number of anilines is 1. The number of hydrogen-bond donors (Lipinski definition) is 3. The molecule has 10 heteroatoms. The van der Waals surface area contributed by atoms with Crippen molar-refractivity contribution in [2.24, 2.45) is 15.9 Å². The first-order valence-corrected chi connectivity index (χ1v) is 11.0. The molecule has 0 aliphatic carbocycles. The average molecular weight is 468 g/mol. The van der Waals surface area contributed by atoms with Crippen molar-refractivity contribution < 1.29 is 5.11 Å². The highest BCUT2D eigenvalue weighted by Gasteiger charge is 2.16. The van der Waals surface area contributed by atoms with Crippen LogP contribution in [0.15, 0.2) is 71.1 Å². The number of aliphatic hydroxyl groups is 1. The average Bonchev–Trinajstić information content (AvgIpc) is 3.30. The summed E-state index contributed by atoms with van der Waals surface area (Å²) >= 11 is 0. The van der Waals surface area contributed by atoms with Gasteiger partial charge in [0, 0.05) is 41.1 Å². The van der Waals surface area contributed by atoms with Gasteiger partial charge in [-0.05, 0) is 25.5 Å². The van der Waals surface area contributed by atoms with E-state index in [9.17, 15) is 5.11 Å². The molecule has 3 aromatic heterocycles. The molecular formula is C25H25N9O. The summed E-state index contributed by atoms with van der Waals surface area (Å²) in [5.74, 6) is 6.27. The van der Waals surface area contributed by atoms with Crippen molar-refractivity contribution in [3.05, 3.63) is 77.7 Å². The van der Waals surface area contributed by atoms with Crippen molar-refractivity contribution in [2.75, 3.05) is 11.9 Å². The number of nitrogens with two attached hydrogens (primary N) is 1. The van der Waals surface area contributed by atoms with E-state index in [0.29, 0.717) is 28.3 Å². The zero-order valence-corrected chi connectivity index (χ0v) is 19.4. The van der Waals surface area contributed by atoms with Gasteiger partial charge in [-0.25, -0.2) is 9.97 Å². The van der Waals surface area contributed by atoms with E-state index in [1.807, 2.05) is 50.2 Å². The molecule has 0 bridgehead atoms. The standard InChI is InChI=1S/C25H25N9O/c1-16(2)32-21-9-24(34-25-19(12-31-34)8-17(10-26)11-30-25)29-13-20(21)22(33-27)14-28-23(15-35)18-6-4-3-5-7-18/h3-9,11-14,16,23,35H,15,27H2,1-2H3,(H,29,32)/t23-/m0/s1. The number of aliphatic imine (C=N–C) groups is 1. The van der Waals surface area contributed by atoms with Crippen LogP contribution in [-0.4, -0.2) is 49.4 Å². The van der Waals surface area contributed by atoms with Gasteiger partial charge in [0.2, 0.25) is 0 Å². The summed E-state index contributed by atoms with van der Waals surface area (Å²) in [5.41, 5.74) is 3.72. The van der Waals surface area contributed by atoms with Crippen molar-refractivity contribution in [3.8, 4) is 11.9 Å². The third kappa shape index (κ3) is 5.15. The summed E-state index contributed by atoms with van der Waals surface area (Å²) in [6, 6.07) is 14.8. The number of nitrogens with one attached hydrogen (secondary N) is 1. The highest BCUT2D eigenvalue weighted by molar-refractivity contribution is 6.39. The number of hydrogen-bond acceptors (Lipinski definition) is 9. The number of aromatic nitrogens is 4. The van der Waals surface area contributed by atoms with Gasteiger partial charge >= 0.3 is 0 Å². The minimum Gasteiger partial charge on any atom is -0.394 e. The van der Waals surface area contributed by atoms with Gasteiger partial charge in [0.25, 0.3) is 0 Å². The summed E-state index contributed by atoms with van der Waals surface area (Å²) in [6.45, 7) is 3.88. The highest BCUT2D eigenvalue weighted by Crippen LogP contribution is 2.23. The second kappa shape index (κ2) is 10.5. The van der Waals surface area contributed by atoms with Crippen LogP contribution < -0.4 is 11.2 Å². The SMILES string of the molecule is CC(C)Nc1cc(-n2ncc3cc(C#N)cnc32)ncc1C(C=N[C@@H](CO)c1ccccc1)=NN. The molecule has 0 aliphatic heterocycles. The number of pyridine rings is 2. The number of rotatable bonds is 8. The zero-order chi connectivity index (χ0) is 24.8. The zero-order valence-electron chi connectivity index (χ0n) is 19.4. The minimum absolute atomic E-state index is 0.111. The largest absolute Gasteiger partial charge is 0.394 e. The normalized spacial score (nSPS) is 12.8. The Balaban J connectivity index is 1.71. The molecule has 1 aromatic carbocycles. The first-order chi connectivity index (χ1) is 17.0. The maximum absolute atomic E-state index is 9.83. The van der Waals surface area contributed by atoms with Crippen molar-refractivity contribution in [1.82, 2.24) is 19.7 Å². The fraction of sp³-hybridized carbons (Fsp3) is 0.200. The molecule has 0 saturated heterocycles. The first-order valence-electron chi connectivity index (χ1n) is 11.0. The van der Waals surface area contributed by atoms with Gasteiger partial charge in [-0.15, -0.1) is 0 Å². The maximum atomic E-state index is 9.83. The molecule has 10 nitrogen and oxygen atoms in total. The fourth-order valence-corrected chi connectivity index (χ4v) is 3.59. The van der Waals surface area contributed by atoms with E-state index in [2.05, 4.69) is 36.5 Å². The van der Waals surface area contributed by atoms with Gasteiger partial charge in [0.1, 0.15) is 11.8 Å². The van der Waals surface area contributed by atoms with E-state index in [4.69, 9.17) is 11.1 Å². The lowest BCUT2D eigenvalue weighted by atomic mass is 10.1. The number of aliphatic hydroxyl groups excluding tert-OH is 1. The van der Waals surface area contributed by atoms with E-state index in [1.54, 1.807) is 29.4 Å². The summed E-state index contributed by atoms with van der Waals surface area (Å²) in [4.78, 5) is 13.4. The Labute approximate surface area is 202 Å². The summed E-state index contributed by atoms with van der Waals surface area (Å²) in [5, 5.41) is 31.4. The molecule has 4 rings (SSSR count). The van der Waals surface area contributed by atoms with Gasteiger partial charge < -0.3 is 16.3 Å². The van der Waals surface area contributed by atoms with E-state index >= 15 is 0 Å². The van der Waals surface area contributed by atoms with Gasteiger partial charge in [-0.1, -0.05) is 30.3 Å².